The van der Waals surface area contributed by atoms with Crippen LogP contribution in [0.15, 0.2) is 42.7 Å². The summed E-state index contributed by atoms with van der Waals surface area (Å²) >= 11 is 0. The van der Waals surface area contributed by atoms with E-state index in [2.05, 4.69) is 9.97 Å². The van der Waals surface area contributed by atoms with Crippen molar-refractivity contribution in [3.05, 3.63) is 76.8 Å². The molecular formula is C25H26N6O2. The quantitative estimate of drug-likeness (QED) is 0.615. The predicted molar refractivity (Wildman–Crippen MR) is 123 cm³/mol. The first-order chi connectivity index (χ1) is 16.0. The van der Waals surface area contributed by atoms with Gasteiger partial charge in [-0.3, -0.25) is 19.5 Å². The molecule has 2 aliphatic heterocycles. The molecule has 0 spiro atoms. The number of aromatic nitrogens is 4. The zero-order valence-electron chi connectivity index (χ0n) is 18.9. The van der Waals surface area contributed by atoms with Gasteiger partial charge in [0.2, 0.25) is 5.91 Å². The first-order valence-electron chi connectivity index (χ1n) is 11.3. The van der Waals surface area contributed by atoms with Crippen LogP contribution in [0.5, 0.6) is 0 Å². The van der Waals surface area contributed by atoms with Gasteiger partial charge in [0.25, 0.3) is 5.91 Å². The van der Waals surface area contributed by atoms with E-state index < -0.39 is 0 Å². The van der Waals surface area contributed by atoms with Crippen molar-refractivity contribution in [2.75, 3.05) is 11.4 Å². The third-order valence-corrected chi connectivity index (χ3v) is 6.35. The molecule has 2 aromatic heterocycles. The summed E-state index contributed by atoms with van der Waals surface area (Å²) in [6.07, 6.45) is 5.84. The maximum absolute atomic E-state index is 13.2. The van der Waals surface area contributed by atoms with Crippen LogP contribution in [0.1, 0.15) is 64.1 Å². The van der Waals surface area contributed by atoms with Crippen LogP contribution in [0.25, 0.3) is 0 Å². The molecule has 0 radical (unpaired) electrons. The summed E-state index contributed by atoms with van der Waals surface area (Å²) in [5, 5.41) is 0. The number of hydrogen-bond acceptors (Lipinski definition) is 6. The second kappa shape index (κ2) is 8.69. The summed E-state index contributed by atoms with van der Waals surface area (Å²) in [4.78, 5) is 47.8. The number of likely N-dealkylation sites (tertiary alicyclic amines) is 1. The van der Waals surface area contributed by atoms with Crippen molar-refractivity contribution in [2.45, 2.75) is 52.1 Å². The van der Waals surface area contributed by atoms with Crippen molar-refractivity contribution in [2.24, 2.45) is 0 Å². The van der Waals surface area contributed by atoms with Crippen molar-refractivity contribution in [1.82, 2.24) is 24.8 Å². The molecule has 1 atom stereocenters. The van der Waals surface area contributed by atoms with Gasteiger partial charge in [-0.15, -0.1) is 0 Å². The van der Waals surface area contributed by atoms with Gasteiger partial charge in [0.15, 0.2) is 5.82 Å². The molecule has 0 aliphatic carbocycles. The summed E-state index contributed by atoms with van der Waals surface area (Å²) in [6, 6.07) is 9.67. The molecule has 4 heterocycles. The van der Waals surface area contributed by atoms with Crippen LogP contribution in [0.4, 0.5) is 5.82 Å². The number of hydrogen-bond donors (Lipinski definition) is 0. The average Bonchev–Trinajstić information content (AvgIpc) is 3.31. The molecule has 0 unspecified atom stereocenters. The molecule has 1 aromatic carbocycles. The highest BCUT2D eigenvalue weighted by molar-refractivity contribution is 5.95. The number of benzene rings is 1. The third kappa shape index (κ3) is 4.08. The molecule has 0 saturated carbocycles. The number of fused-ring (bicyclic) bond motifs is 1. The first kappa shape index (κ1) is 21.2. The van der Waals surface area contributed by atoms with E-state index in [-0.39, 0.29) is 17.9 Å². The Bertz CT molecular complexity index is 1200. The Kier molecular flexibility index (Phi) is 5.58. The van der Waals surface area contributed by atoms with E-state index >= 15 is 0 Å². The molecule has 1 fully saturated rings. The number of aryl methyl sites for hydroxylation is 2. The monoisotopic (exact) mass is 442 g/mol. The van der Waals surface area contributed by atoms with Gasteiger partial charge < -0.3 is 4.90 Å². The van der Waals surface area contributed by atoms with Gasteiger partial charge in [-0.05, 0) is 38.7 Å². The van der Waals surface area contributed by atoms with Crippen molar-refractivity contribution < 1.29 is 9.59 Å². The molecule has 2 amide bonds. The minimum atomic E-state index is -0.250. The zero-order chi connectivity index (χ0) is 22.9. The van der Waals surface area contributed by atoms with E-state index in [9.17, 15) is 9.59 Å². The molecular weight excluding hydrogens is 416 g/mol. The molecule has 168 valence electrons. The van der Waals surface area contributed by atoms with Gasteiger partial charge in [-0.25, -0.2) is 15.0 Å². The van der Waals surface area contributed by atoms with Crippen molar-refractivity contribution in [3.63, 3.8) is 0 Å². The molecule has 3 aromatic rings. The summed E-state index contributed by atoms with van der Waals surface area (Å²) < 4.78 is 0. The number of rotatable bonds is 4. The van der Waals surface area contributed by atoms with Gasteiger partial charge in [0, 0.05) is 30.4 Å². The highest BCUT2D eigenvalue weighted by Gasteiger charge is 2.36. The normalized spacial score (nSPS) is 17.9. The maximum atomic E-state index is 13.2. The maximum Gasteiger partial charge on any atom is 0.274 e. The minimum Gasteiger partial charge on any atom is -0.327 e. The lowest BCUT2D eigenvalue weighted by atomic mass is 10.0. The summed E-state index contributed by atoms with van der Waals surface area (Å²) in [7, 11) is 0. The second-order valence-electron chi connectivity index (χ2n) is 8.63. The largest absolute Gasteiger partial charge is 0.327 e. The molecule has 1 saturated heterocycles. The van der Waals surface area contributed by atoms with Gasteiger partial charge in [0.1, 0.15) is 11.5 Å². The minimum absolute atomic E-state index is 0.0599. The van der Waals surface area contributed by atoms with Crippen molar-refractivity contribution in [1.29, 1.82) is 0 Å². The van der Waals surface area contributed by atoms with Gasteiger partial charge in [0.05, 0.1) is 24.5 Å². The van der Waals surface area contributed by atoms with Crippen LogP contribution in [-0.4, -0.2) is 43.2 Å². The highest BCUT2D eigenvalue weighted by Crippen LogP contribution is 2.35. The molecule has 5 rings (SSSR count). The number of amides is 2. The molecule has 2 aliphatic rings. The summed E-state index contributed by atoms with van der Waals surface area (Å²) in [5.41, 5.74) is 4.01. The molecule has 8 nitrogen and oxygen atoms in total. The van der Waals surface area contributed by atoms with Crippen molar-refractivity contribution >= 4 is 17.6 Å². The summed E-state index contributed by atoms with van der Waals surface area (Å²) in [5.74, 6) is 1.16. The predicted octanol–water partition coefficient (Wildman–Crippen LogP) is 3.34. The van der Waals surface area contributed by atoms with E-state index in [1.807, 2.05) is 44.2 Å². The Morgan fingerprint density at radius 3 is 2.64 bits per heavy atom. The van der Waals surface area contributed by atoms with Gasteiger partial charge in [-0.2, -0.15) is 0 Å². The van der Waals surface area contributed by atoms with Gasteiger partial charge >= 0.3 is 0 Å². The summed E-state index contributed by atoms with van der Waals surface area (Å²) in [6.45, 7) is 4.89. The van der Waals surface area contributed by atoms with Crippen LogP contribution in [-0.2, 0) is 17.8 Å². The Morgan fingerprint density at radius 2 is 1.88 bits per heavy atom. The van der Waals surface area contributed by atoms with E-state index in [1.165, 1.54) is 6.20 Å². The van der Waals surface area contributed by atoms with E-state index in [1.54, 1.807) is 16.0 Å². The fourth-order valence-corrected chi connectivity index (χ4v) is 4.61. The van der Waals surface area contributed by atoms with Crippen LogP contribution in [0.2, 0.25) is 0 Å². The van der Waals surface area contributed by atoms with Crippen LogP contribution < -0.4 is 4.90 Å². The highest BCUT2D eigenvalue weighted by atomic mass is 16.2. The SMILES string of the molecule is Cc1cnc(C(=O)N2CCC[C@H]2c2nc(C)c3c(n2)N(Cc2ccccc2)C(=O)CC3)cn1. The number of carbonyl (C=O) groups is 2. The molecule has 33 heavy (non-hydrogen) atoms. The lowest BCUT2D eigenvalue weighted by Gasteiger charge is -2.31. The van der Waals surface area contributed by atoms with E-state index in [0.29, 0.717) is 43.3 Å². The first-order valence-corrected chi connectivity index (χ1v) is 11.3. The zero-order valence-corrected chi connectivity index (χ0v) is 18.9. The molecule has 8 heteroatoms. The third-order valence-electron chi connectivity index (χ3n) is 6.35. The average molecular weight is 443 g/mol. The molecule has 0 bridgehead atoms. The van der Waals surface area contributed by atoms with Crippen LogP contribution in [0.3, 0.4) is 0 Å². The number of carbonyl (C=O) groups excluding carboxylic acids is 2. The van der Waals surface area contributed by atoms with Gasteiger partial charge in [-0.1, -0.05) is 30.3 Å². The number of nitrogens with zero attached hydrogens (tertiary/aromatic N) is 6. The standard InChI is InChI=1S/C25H26N6O2/c1-16-13-27-20(14-26-16)25(33)30-12-6-9-21(30)23-28-17(2)19-10-11-22(32)31(24(19)29-23)15-18-7-4-3-5-8-18/h3-5,7-8,13-14,21H,6,9-12,15H2,1-2H3/t21-/m0/s1. The van der Waals surface area contributed by atoms with Crippen molar-refractivity contribution in [3.8, 4) is 0 Å². The lowest BCUT2D eigenvalue weighted by molar-refractivity contribution is -0.119. The van der Waals surface area contributed by atoms with E-state index in [0.717, 1.165) is 35.4 Å². The topological polar surface area (TPSA) is 92.2 Å². The fourth-order valence-electron chi connectivity index (χ4n) is 4.61. The molecule has 0 N–H and O–H groups in total. The van der Waals surface area contributed by atoms with Crippen LogP contribution in [0, 0.1) is 13.8 Å². The Labute approximate surface area is 192 Å². The Morgan fingerprint density at radius 1 is 1.06 bits per heavy atom. The Hall–Kier alpha value is -3.68. The number of anilines is 1. The smallest absolute Gasteiger partial charge is 0.274 e. The fraction of sp³-hybridized carbons (Fsp3) is 0.360. The Balaban J connectivity index is 1.49. The van der Waals surface area contributed by atoms with E-state index in [4.69, 9.17) is 9.97 Å². The lowest BCUT2D eigenvalue weighted by Crippen LogP contribution is -2.37. The van der Waals surface area contributed by atoms with Crippen LogP contribution >= 0.6 is 0 Å². The second-order valence-corrected chi connectivity index (χ2v) is 8.63.